The number of anilines is 2. The number of aromatic nitrogens is 1. The third-order valence-electron chi connectivity index (χ3n) is 2.01. The molecule has 0 bridgehead atoms. The van der Waals surface area contributed by atoms with Crippen LogP contribution in [0, 0.1) is 11.3 Å². The quantitative estimate of drug-likeness (QED) is 0.867. The van der Waals surface area contributed by atoms with Crippen molar-refractivity contribution in [3.63, 3.8) is 0 Å². The summed E-state index contributed by atoms with van der Waals surface area (Å²) in [6.07, 6.45) is 1.28. The minimum atomic E-state index is -1.01. The summed E-state index contributed by atoms with van der Waals surface area (Å²) < 4.78 is 0. The highest BCUT2D eigenvalue weighted by atomic mass is 32.1. The van der Waals surface area contributed by atoms with E-state index in [1.54, 1.807) is 24.3 Å². The number of nitrogens with zero attached hydrogens (tertiary/aromatic N) is 2. The van der Waals surface area contributed by atoms with Crippen molar-refractivity contribution in [3.8, 4) is 6.07 Å². The number of aromatic carboxylic acids is 1. The van der Waals surface area contributed by atoms with Crippen molar-refractivity contribution in [2.75, 3.05) is 5.32 Å². The Morgan fingerprint density at radius 2 is 2.24 bits per heavy atom. The lowest BCUT2D eigenvalue weighted by atomic mass is 10.2. The van der Waals surface area contributed by atoms with Gasteiger partial charge in [0.25, 0.3) is 0 Å². The molecule has 6 heteroatoms. The van der Waals surface area contributed by atoms with Crippen LogP contribution in [0.4, 0.5) is 10.8 Å². The normalized spacial score (nSPS) is 9.59. The summed E-state index contributed by atoms with van der Waals surface area (Å²) in [5.41, 5.74) is 1.10. The van der Waals surface area contributed by atoms with Crippen LogP contribution < -0.4 is 5.32 Å². The number of carbonyl (C=O) groups is 1. The molecule has 0 radical (unpaired) electrons. The van der Waals surface area contributed by atoms with Gasteiger partial charge in [0, 0.05) is 0 Å². The number of benzene rings is 1. The van der Waals surface area contributed by atoms with Gasteiger partial charge in [-0.05, 0) is 12.1 Å². The molecule has 0 amide bonds. The van der Waals surface area contributed by atoms with Crippen molar-refractivity contribution in [3.05, 3.63) is 40.9 Å². The Labute approximate surface area is 101 Å². The summed E-state index contributed by atoms with van der Waals surface area (Å²) in [7, 11) is 0. The minimum absolute atomic E-state index is 0.155. The van der Waals surface area contributed by atoms with Gasteiger partial charge in [0.2, 0.25) is 0 Å². The number of rotatable bonds is 3. The number of thiazole rings is 1. The molecule has 0 aliphatic carbocycles. The van der Waals surface area contributed by atoms with Gasteiger partial charge in [0.15, 0.2) is 5.13 Å². The van der Waals surface area contributed by atoms with Crippen LogP contribution >= 0.6 is 11.3 Å². The van der Waals surface area contributed by atoms with E-state index in [1.807, 2.05) is 6.07 Å². The van der Waals surface area contributed by atoms with E-state index < -0.39 is 5.97 Å². The average molecular weight is 245 g/mol. The molecule has 1 heterocycles. The Morgan fingerprint density at radius 1 is 1.47 bits per heavy atom. The van der Waals surface area contributed by atoms with Crippen molar-refractivity contribution >= 4 is 28.1 Å². The van der Waals surface area contributed by atoms with Crippen LogP contribution in [0.5, 0.6) is 0 Å². The largest absolute Gasteiger partial charge is 0.477 e. The second-order valence-electron chi connectivity index (χ2n) is 3.12. The maximum Gasteiger partial charge on any atom is 0.347 e. The van der Waals surface area contributed by atoms with Crippen LogP contribution in [0.15, 0.2) is 30.5 Å². The highest BCUT2D eigenvalue weighted by molar-refractivity contribution is 7.17. The monoisotopic (exact) mass is 245 g/mol. The Hall–Kier alpha value is -2.39. The first-order valence-corrected chi connectivity index (χ1v) is 5.47. The molecule has 0 aliphatic rings. The first-order chi connectivity index (χ1) is 8.20. The van der Waals surface area contributed by atoms with E-state index >= 15 is 0 Å². The van der Waals surface area contributed by atoms with Crippen LogP contribution in [0.25, 0.3) is 0 Å². The highest BCUT2D eigenvalue weighted by Gasteiger charge is 2.09. The van der Waals surface area contributed by atoms with Gasteiger partial charge in [0.1, 0.15) is 10.9 Å². The number of hydrogen-bond acceptors (Lipinski definition) is 5. The number of nitrogens with one attached hydrogen (secondary N) is 1. The van der Waals surface area contributed by atoms with E-state index in [1.165, 1.54) is 6.20 Å². The fourth-order valence-corrected chi connectivity index (χ4v) is 1.90. The zero-order chi connectivity index (χ0) is 12.3. The zero-order valence-corrected chi connectivity index (χ0v) is 9.36. The summed E-state index contributed by atoms with van der Waals surface area (Å²) in [5.74, 6) is -1.01. The fraction of sp³-hybridized carbons (Fsp3) is 0. The number of carboxylic acid groups (broad SMARTS) is 1. The van der Waals surface area contributed by atoms with E-state index in [0.717, 1.165) is 11.3 Å². The minimum Gasteiger partial charge on any atom is -0.477 e. The zero-order valence-electron chi connectivity index (χ0n) is 8.54. The summed E-state index contributed by atoms with van der Waals surface area (Å²) in [5, 5.41) is 21.0. The molecule has 0 unspecified atom stereocenters. The van der Waals surface area contributed by atoms with Crippen molar-refractivity contribution in [1.82, 2.24) is 4.98 Å². The lowest BCUT2D eigenvalue weighted by Crippen LogP contribution is -1.92. The topological polar surface area (TPSA) is 86.0 Å². The molecule has 0 spiro atoms. The van der Waals surface area contributed by atoms with Crippen LogP contribution in [-0.2, 0) is 0 Å². The Morgan fingerprint density at radius 3 is 2.88 bits per heavy atom. The molecule has 0 saturated carbocycles. The van der Waals surface area contributed by atoms with Crippen LogP contribution in [-0.4, -0.2) is 16.1 Å². The molecule has 2 N–H and O–H groups in total. The van der Waals surface area contributed by atoms with Gasteiger partial charge in [-0.3, -0.25) is 0 Å². The third-order valence-corrected chi connectivity index (χ3v) is 2.91. The van der Waals surface area contributed by atoms with E-state index in [9.17, 15) is 4.79 Å². The molecule has 17 heavy (non-hydrogen) atoms. The second-order valence-corrected chi connectivity index (χ2v) is 4.15. The third kappa shape index (κ3) is 2.41. The van der Waals surface area contributed by atoms with Gasteiger partial charge < -0.3 is 10.4 Å². The molecule has 1 aromatic heterocycles. The first-order valence-electron chi connectivity index (χ1n) is 4.66. The van der Waals surface area contributed by atoms with E-state index in [4.69, 9.17) is 10.4 Å². The Bertz CT molecular complexity index is 601. The maximum atomic E-state index is 10.7. The smallest absolute Gasteiger partial charge is 0.347 e. The summed E-state index contributed by atoms with van der Waals surface area (Å²) >= 11 is 1.02. The van der Waals surface area contributed by atoms with Gasteiger partial charge in [0.05, 0.1) is 17.4 Å². The summed E-state index contributed by atoms with van der Waals surface area (Å²) in [4.78, 5) is 14.8. The summed E-state index contributed by atoms with van der Waals surface area (Å²) in [6.45, 7) is 0. The lowest BCUT2D eigenvalue weighted by Gasteiger charge is -2.03. The van der Waals surface area contributed by atoms with Gasteiger partial charge in [-0.25, -0.2) is 9.78 Å². The molecule has 1 aromatic carbocycles. The van der Waals surface area contributed by atoms with Gasteiger partial charge >= 0.3 is 5.97 Å². The lowest BCUT2D eigenvalue weighted by molar-refractivity contribution is 0.0702. The van der Waals surface area contributed by atoms with E-state index in [-0.39, 0.29) is 4.88 Å². The molecular weight excluding hydrogens is 238 g/mol. The molecule has 5 nitrogen and oxygen atoms in total. The number of carboxylic acids is 1. The molecular formula is C11H7N3O2S. The van der Waals surface area contributed by atoms with Crippen LogP contribution in [0.2, 0.25) is 0 Å². The molecule has 0 fully saturated rings. The SMILES string of the molecule is N#Cc1ccccc1Nc1ncc(C(=O)O)s1. The fourth-order valence-electron chi connectivity index (χ4n) is 1.24. The molecule has 84 valence electrons. The molecule has 0 saturated heterocycles. The number of hydrogen-bond donors (Lipinski definition) is 2. The highest BCUT2D eigenvalue weighted by Crippen LogP contribution is 2.24. The van der Waals surface area contributed by atoms with Crippen molar-refractivity contribution in [2.45, 2.75) is 0 Å². The molecule has 0 atom stereocenters. The first kappa shape index (κ1) is 11.1. The van der Waals surface area contributed by atoms with Gasteiger partial charge in [-0.1, -0.05) is 23.5 Å². The predicted molar refractivity (Wildman–Crippen MR) is 63.5 cm³/mol. The van der Waals surface area contributed by atoms with Crippen molar-refractivity contribution < 1.29 is 9.90 Å². The van der Waals surface area contributed by atoms with E-state index in [0.29, 0.717) is 16.4 Å². The standard InChI is InChI=1S/C11H7N3O2S/c12-5-7-3-1-2-4-8(7)14-11-13-6-9(17-11)10(15)16/h1-4,6H,(H,13,14)(H,15,16). The van der Waals surface area contributed by atoms with Gasteiger partial charge in [-0.15, -0.1) is 0 Å². The molecule has 2 aromatic rings. The van der Waals surface area contributed by atoms with Crippen LogP contribution in [0.1, 0.15) is 15.2 Å². The average Bonchev–Trinajstić information content (AvgIpc) is 2.78. The van der Waals surface area contributed by atoms with E-state index in [2.05, 4.69) is 10.3 Å². The van der Waals surface area contributed by atoms with Gasteiger partial charge in [-0.2, -0.15) is 5.26 Å². The number of para-hydroxylation sites is 1. The predicted octanol–water partition coefficient (Wildman–Crippen LogP) is 2.46. The van der Waals surface area contributed by atoms with Crippen molar-refractivity contribution in [1.29, 1.82) is 5.26 Å². The maximum absolute atomic E-state index is 10.7. The molecule has 2 rings (SSSR count). The Balaban J connectivity index is 2.26. The van der Waals surface area contributed by atoms with Crippen LogP contribution in [0.3, 0.4) is 0 Å². The second kappa shape index (κ2) is 4.63. The molecule has 0 aliphatic heterocycles. The number of nitriles is 1. The van der Waals surface area contributed by atoms with Crippen molar-refractivity contribution in [2.24, 2.45) is 0 Å². The Kier molecular flexibility index (Phi) is 3.03. The summed E-state index contributed by atoms with van der Waals surface area (Å²) in [6, 6.07) is 9.00.